The summed E-state index contributed by atoms with van der Waals surface area (Å²) in [5, 5.41) is 11.5. The van der Waals surface area contributed by atoms with Gasteiger partial charge in [0, 0.05) is 18.1 Å². The fourth-order valence-electron chi connectivity index (χ4n) is 3.00. The summed E-state index contributed by atoms with van der Waals surface area (Å²) in [6.45, 7) is 5.58. The minimum Gasteiger partial charge on any atom is -0.387 e. The maximum atomic E-state index is 10.3. The molecule has 0 saturated carbocycles. The van der Waals surface area contributed by atoms with Crippen LogP contribution >= 0.6 is 23.1 Å². The molecule has 1 saturated heterocycles. The molecule has 1 N–H and O–H groups in total. The summed E-state index contributed by atoms with van der Waals surface area (Å²) in [6, 6.07) is 0.435. The first kappa shape index (κ1) is 13.9. The van der Waals surface area contributed by atoms with Crippen molar-refractivity contribution in [3.63, 3.8) is 0 Å². The topological polar surface area (TPSA) is 36.4 Å². The molecule has 5 heteroatoms. The smallest absolute Gasteiger partial charge is 0.111 e. The Labute approximate surface area is 123 Å². The highest BCUT2D eigenvalue weighted by molar-refractivity contribution is 7.99. The van der Waals surface area contributed by atoms with Crippen LogP contribution in [-0.2, 0) is 6.42 Å². The zero-order valence-corrected chi connectivity index (χ0v) is 13.5. The normalized spacial score (nSPS) is 31.2. The van der Waals surface area contributed by atoms with E-state index >= 15 is 0 Å². The van der Waals surface area contributed by atoms with Crippen LogP contribution in [0.2, 0.25) is 0 Å². The van der Waals surface area contributed by atoms with Crippen LogP contribution in [0.15, 0.2) is 0 Å². The van der Waals surface area contributed by atoms with E-state index in [2.05, 4.69) is 25.8 Å². The summed E-state index contributed by atoms with van der Waals surface area (Å²) in [7, 11) is 2.19. The van der Waals surface area contributed by atoms with Crippen LogP contribution in [0.3, 0.4) is 0 Å². The third-order valence-electron chi connectivity index (χ3n) is 4.12. The monoisotopic (exact) mass is 298 g/mol. The summed E-state index contributed by atoms with van der Waals surface area (Å²) < 4.78 is 0. The number of fused-ring (bicyclic) bond motifs is 1. The molecule has 1 aliphatic heterocycles. The maximum absolute atomic E-state index is 10.3. The molecule has 1 fully saturated rings. The molecule has 3 nitrogen and oxygen atoms in total. The van der Waals surface area contributed by atoms with Gasteiger partial charge in [-0.05, 0) is 25.3 Å². The van der Waals surface area contributed by atoms with Crippen LogP contribution in [-0.4, -0.2) is 40.1 Å². The Morgan fingerprint density at radius 1 is 1.42 bits per heavy atom. The van der Waals surface area contributed by atoms with Crippen LogP contribution in [0.4, 0.5) is 0 Å². The number of aromatic nitrogens is 1. The lowest BCUT2D eigenvalue weighted by Gasteiger charge is -2.31. The number of rotatable bonds is 1. The van der Waals surface area contributed by atoms with Gasteiger partial charge in [0.2, 0.25) is 0 Å². The van der Waals surface area contributed by atoms with Gasteiger partial charge in [-0.25, -0.2) is 4.98 Å². The van der Waals surface area contributed by atoms with Gasteiger partial charge in [0.15, 0.2) is 0 Å². The standard InChI is InChI=1S/C14H22N2OS2/c1-14(2)6-9-12(11(17)7-14)19-13(15-9)10-8-18-5-4-16(10)3/h10-11,17H,4-8H2,1-3H3. The molecule has 106 valence electrons. The van der Waals surface area contributed by atoms with Gasteiger partial charge in [0.05, 0.1) is 22.7 Å². The van der Waals surface area contributed by atoms with E-state index in [1.807, 2.05) is 11.8 Å². The number of hydrogen-bond donors (Lipinski definition) is 1. The Hall–Kier alpha value is -0.100. The lowest BCUT2D eigenvalue weighted by Crippen LogP contribution is -2.32. The Bertz CT molecular complexity index is 472. The van der Waals surface area contributed by atoms with Gasteiger partial charge < -0.3 is 5.11 Å². The van der Waals surface area contributed by atoms with Gasteiger partial charge in [-0.15, -0.1) is 11.3 Å². The fourth-order valence-corrected chi connectivity index (χ4v) is 5.56. The van der Waals surface area contributed by atoms with Crippen LogP contribution in [0, 0.1) is 5.41 Å². The second-order valence-electron chi connectivity index (χ2n) is 6.50. The molecule has 0 amide bonds. The molecule has 1 aromatic heterocycles. The van der Waals surface area contributed by atoms with E-state index in [9.17, 15) is 5.11 Å². The van der Waals surface area contributed by atoms with E-state index < -0.39 is 0 Å². The maximum Gasteiger partial charge on any atom is 0.111 e. The van der Waals surface area contributed by atoms with Crippen molar-refractivity contribution < 1.29 is 5.11 Å². The van der Waals surface area contributed by atoms with Gasteiger partial charge in [-0.1, -0.05) is 13.8 Å². The Morgan fingerprint density at radius 3 is 2.95 bits per heavy atom. The SMILES string of the molecule is CN1CCSCC1c1nc2c(s1)C(O)CC(C)(C)C2. The van der Waals surface area contributed by atoms with Gasteiger partial charge in [-0.3, -0.25) is 4.90 Å². The third-order valence-corrected chi connectivity index (χ3v) is 6.44. The molecule has 1 aromatic rings. The zero-order valence-electron chi connectivity index (χ0n) is 11.8. The highest BCUT2D eigenvalue weighted by Gasteiger charge is 2.35. The van der Waals surface area contributed by atoms with E-state index in [0.29, 0.717) is 6.04 Å². The number of hydrogen-bond acceptors (Lipinski definition) is 5. The van der Waals surface area contributed by atoms with Crippen molar-refractivity contribution in [2.24, 2.45) is 5.41 Å². The molecular formula is C14H22N2OS2. The zero-order chi connectivity index (χ0) is 13.6. The van der Waals surface area contributed by atoms with Crippen LogP contribution in [0.25, 0.3) is 0 Å². The number of aliphatic hydroxyl groups excluding tert-OH is 1. The lowest BCUT2D eigenvalue weighted by molar-refractivity contribution is 0.102. The molecule has 1 aliphatic carbocycles. The summed E-state index contributed by atoms with van der Waals surface area (Å²) in [5.74, 6) is 2.34. The molecule has 0 aromatic carbocycles. The molecule has 2 unspecified atom stereocenters. The number of thioether (sulfide) groups is 1. The van der Waals surface area contributed by atoms with Gasteiger partial charge in [0.1, 0.15) is 5.01 Å². The first-order valence-corrected chi connectivity index (χ1v) is 8.89. The van der Waals surface area contributed by atoms with Crippen molar-refractivity contribution in [2.45, 2.75) is 38.8 Å². The Morgan fingerprint density at radius 2 is 2.21 bits per heavy atom. The van der Waals surface area contributed by atoms with Gasteiger partial charge in [0.25, 0.3) is 0 Å². The quantitative estimate of drug-likeness (QED) is 0.865. The first-order chi connectivity index (χ1) is 8.96. The Kier molecular flexibility index (Phi) is 3.67. The first-order valence-electron chi connectivity index (χ1n) is 6.92. The largest absolute Gasteiger partial charge is 0.387 e. The second kappa shape index (κ2) is 5.02. The van der Waals surface area contributed by atoms with Gasteiger partial charge in [-0.2, -0.15) is 11.8 Å². The van der Waals surface area contributed by atoms with Crippen molar-refractivity contribution in [3.8, 4) is 0 Å². The highest BCUT2D eigenvalue weighted by atomic mass is 32.2. The predicted molar refractivity (Wildman–Crippen MR) is 81.9 cm³/mol. The minimum atomic E-state index is -0.313. The minimum absolute atomic E-state index is 0.172. The van der Waals surface area contributed by atoms with Crippen molar-refractivity contribution in [3.05, 3.63) is 15.6 Å². The predicted octanol–water partition coefficient (Wildman–Crippen LogP) is 2.87. The highest BCUT2D eigenvalue weighted by Crippen LogP contribution is 2.44. The lowest BCUT2D eigenvalue weighted by atomic mass is 9.77. The molecule has 0 radical (unpaired) electrons. The van der Waals surface area contributed by atoms with Crippen molar-refractivity contribution in [1.82, 2.24) is 9.88 Å². The number of thiazole rings is 1. The van der Waals surface area contributed by atoms with E-state index in [0.717, 1.165) is 35.7 Å². The van der Waals surface area contributed by atoms with Crippen LogP contribution in [0.1, 0.15) is 48.0 Å². The summed E-state index contributed by atoms with van der Waals surface area (Å²) >= 11 is 3.75. The van der Waals surface area contributed by atoms with E-state index in [-0.39, 0.29) is 11.5 Å². The molecule has 3 rings (SSSR count). The fraction of sp³-hybridized carbons (Fsp3) is 0.786. The van der Waals surface area contributed by atoms with Crippen molar-refractivity contribution >= 4 is 23.1 Å². The number of aliphatic hydroxyl groups is 1. The number of nitrogens with zero attached hydrogens (tertiary/aromatic N) is 2. The molecule has 0 spiro atoms. The second-order valence-corrected chi connectivity index (χ2v) is 8.71. The average molecular weight is 298 g/mol. The molecule has 2 aliphatic rings. The van der Waals surface area contributed by atoms with Crippen LogP contribution < -0.4 is 0 Å². The average Bonchev–Trinajstić information content (AvgIpc) is 2.71. The van der Waals surface area contributed by atoms with Crippen molar-refractivity contribution in [1.29, 1.82) is 0 Å². The molecular weight excluding hydrogens is 276 g/mol. The Balaban J connectivity index is 1.90. The molecule has 19 heavy (non-hydrogen) atoms. The van der Waals surface area contributed by atoms with E-state index in [1.165, 1.54) is 10.8 Å². The summed E-state index contributed by atoms with van der Waals surface area (Å²) in [4.78, 5) is 8.40. The van der Waals surface area contributed by atoms with Crippen molar-refractivity contribution in [2.75, 3.05) is 25.1 Å². The summed E-state index contributed by atoms with van der Waals surface area (Å²) in [6.07, 6.45) is 1.54. The summed E-state index contributed by atoms with van der Waals surface area (Å²) in [5.41, 5.74) is 1.32. The third kappa shape index (κ3) is 2.71. The molecule has 0 bridgehead atoms. The molecule has 2 heterocycles. The van der Waals surface area contributed by atoms with E-state index in [4.69, 9.17) is 4.98 Å². The van der Waals surface area contributed by atoms with E-state index in [1.54, 1.807) is 11.3 Å². The van der Waals surface area contributed by atoms with Crippen LogP contribution in [0.5, 0.6) is 0 Å². The van der Waals surface area contributed by atoms with Gasteiger partial charge >= 0.3 is 0 Å². The molecule has 2 atom stereocenters.